The van der Waals surface area contributed by atoms with Crippen molar-refractivity contribution in [1.29, 1.82) is 0 Å². The van der Waals surface area contributed by atoms with Crippen LogP contribution in [-0.4, -0.2) is 74.8 Å². The van der Waals surface area contributed by atoms with Crippen LogP contribution in [0.3, 0.4) is 0 Å². The van der Waals surface area contributed by atoms with E-state index in [2.05, 4.69) is 4.90 Å². The Hall–Kier alpha value is -3.33. The molecule has 2 aliphatic rings. The highest BCUT2D eigenvalue weighted by Gasteiger charge is 2.26. The van der Waals surface area contributed by atoms with Gasteiger partial charge in [-0.05, 0) is 30.7 Å². The van der Waals surface area contributed by atoms with Crippen LogP contribution in [0.15, 0.2) is 42.5 Å². The molecule has 0 radical (unpaired) electrons. The van der Waals surface area contributed by atoms with Crippen molar-refractivity contribution in [2.45, 2.75) is 6.92 Å². The van der Waals surface area contributed by atoms with E-state index >= 15 is 0 Å². The number of nitro groups is 1. The molecule has 9 heteroatoms. The van der Waals surface area contributed by atoms with Gasteiger partial charge in [-0.1, -0.05) is 18.2 Å². The Kier molecular flexibility index (Phi) is 6.75. The minimum Gasteiger partial charge on any atom is -0.484 e. The first-order chi connectivity index (χ1) is 15.5. The van der Waals surface area contributed by atoms with E-state index in [1.807, 2.05) is 47.1 Å². The lowest BCUT2D eigenvalue weighted by Gasteiger charge is -2.36. The molecule has 32 heavy (non-hydrogen) atoms. The summed E-state index contributed by atoms with van der Waals surface area (Å²) in [6, 6.07) is 12.9. The van der Waals surface area contributed by atoms with E-state index in [-0.39, 0.29) is 23.1 Å². The van der Waals surface area contributed by atoms with Crippen molar-refractivity contribution >= 4 is 23.0 Å². The third-order valence-corrected chi connectivity index (χ3v) is 5.95. The number of benzene rings is 2. The third-order valence-electron chi connectivity index (χ3n) is 5.95. The zero-order valence-corrected chi connectivity index (χ0v) is 18.2. The maximum Gasteiger partial charge on any atom is 0.292 e. The third kappa shape index (κ3) is 4.94. The van der Waals surface area contributed by atoms with E-state index in [4.69, 9.17) is 9.47 Å². The molecule has 2 saturated heterocycles. The second-order valence-corrected chi connectivity index (χ2v) is 7.95. The Morgan fingerprint density at radius 3 is 2.44 bits per heavy atom. The van der Waals surface area contributed by atoms with Crippen LogP contribution < -0.4 is 14.5 Å². The molecule has 0 atom stereocenters. The molecule has 2 aromatic rings. The zero-order valence-electron chi connectivity index (χ0n) is 18.2. The first-order valence-corrected chi connectivity index (χ1v) is 10.9. The van der Waals surface area contributed by atoms with Crippen LogP contribution in [0.5, 0.6) is 5.75 Å². The number of piperazine rings is 1. The molecule has 0 saturated carbocycles. The zero-order chi connectivity index (χ0) is 22.5. The van der Waals surface area contributed by atoms with Crippen molar-refractivity contribution in [2.24, 2.45) is 0 Å². The molecule has 0 aromatic heterocycles. The Morgan fingerprint density at radius 2 is 1.75 bits per heavy atom. The molecule has 170 valence electrons. The summed E-state index contributed by atoms with van der Waals surface area (Å²) in [4.78, 5) is 29.8. The van der Waals surface area contributed by atoms with Crippen LogP contribution in [0, 0.1) is 17.0 Å². The van der Waals surface area contributed by atoms with E-state index in [1.165, 1.54) is 0 Å². The molecule has 0 spiro atoms. The van der Waals surface area contributed by atoms with Crippen LogP contribution in [0.2, 0.25) is 0 Å². The van der Waals surface area contributed by atoms with Crippen LogP contribution >= 0.6 is 0 Å². The standard InChI is InChI=1S/C23H28N4O5/c1-18-4-2-3-5-22(18)32-17-23(28)26-10-8-24(9-11-26)19-6-7-20(27(29)30)21(16-19)25-12-14-31-15-13-25/h2-7,16H,8-15,17H2,1H3. The van der Waals surface area contributed by atoms with Crippen molar-refractivity contribution in [3.05, 3.63) is 58.1 Å². The molecule has 0 unspecified atom stereocenters. The van der Waals surface area contributed by atoms with Crippen molar-refractivity contribution < 1.29 is 19.2 Å². The quantitative estimate of drug-likeness (QED) is 0.504. The first kappa shape index (κ1) is 21.9. The number of para-hydroxylation sites is 1. The monoisotopic (exact) mass is 440 g/mol. The SMILES string of the molecule is Cc1ccccc1OCC(=O)N1CCN(c2ccc([N+](=O)[O-])c(N3CCOCC3)c2)CC1. The average Bonchev–Trinajstić information content (AvgIpc) is 2.83. The Morgan fingerprint density at radius 1 is 1.03 bits per heavy atom. The lowest BCUT2D eigenvalue weighted by Crippen LogP contribution is -2.50. The number of nitro benzene ring substituents is 1. The summed E-state index contributed by atoms with van der Waals surface area (Å²) >= 11 is 0. The number of nitrogens with zero attached hydrogens (tertiary/aromatic N) is 4. The maximum absolute atomic E-state index is 12.6. The van der Waals surface area contributed by atoms with Crippen LogP contribution in [-0.2, 0) is 9.53 Å². The van der Waals surface area contributed by atoms with Gasteiger partial charge < -0.3 is 24.2 Å². The summed E-state index contributed by atoms with van der Waals surface area (Å²) in [6.07, 6.45) is 0. The number of hydrogen-bond acceptors (Lipinski definition) is 7. The van der Waals surface area contributed by atoms with Crippen LogP contribution in [0.25, 0.3) is 0 Å². The Labute approximate surface area is 187 Å². The molecule has 2 aromatic carbocycles. The lowest BCUT2D eigenvalue weighted by atomic mass is 10.1. The molecule has 2 aliphatic heterocycles. The number of morpholine rings is 1. The van der Waals surface area contributed by atoms with Gasteiger partial charge in [0.2, 0.25) is 0 Å². The van der Waals surface area contributed by atoms with Crippen molar-refractivity contribution in [3.8, 4) is 5.75 Å². The Bertz CT molecular complexity index is 969. The molecule has 0 aliphatic carbocycles. The van der Waals surface area contributed by atoms with E-state index < -0.39 is 0 Å². The number of hydrogen-bond donors (Lipinski definition) is 0. The van der Waals surface area contributed by atoms with Gasteiger partial charge in [0.05, 0.1) is 18.1 Å². The molecule has 2 fully saturated rings. The van der Waals surface area contributed by atoms with Gasteiger partial charge in [0, 0.05) is 51.0 Å². The van der Waals surface area contributed by atoms with Gasteiger partial charge in [-0.3, -0.25) is 14.9 Å². The van der Waals surface area contributed by atoms with Gasteiger partial charge in [-0.2, -0.15) is 0 Å². The van der Waals surface area contributed by atoms with Crippen molar-refractivity contribution in [2.75, 3.05) is 68.9 Å². The normalized spacial score (nSPS) is 16.7. The average molecular weight is 441 g/mol. The molecule has 1 amide bonds. The summed E-state index contributed by atoms with van der Waals surface area (Å²) in [5.74, 6) is 0.687. The predicted octanol–water partition coefficient (Wildman–Crippen LogP) is 2.47. The highest BCUT2D eigenvalue weighted by molar-refractivity contribution is 5.78. The molecule has 0 N–H and O–H groups in total. The van der Waals surface area contributed by atoms with E-state index in [1.54, 1.807) is 12.1 Å². The number of aryl methyl sites for hydroxylation is 1. The fourth-order valence-corrected chi connectivity index (χ4v) is 4.08. The first-order valence-electron chi connectivity index (χ1n) is 10.9. The summed E-state index contributed by atoms with van der Waals surface area (Å²) in [5.41, 5.74) is 2.67. The lowest BCUT2D eigenvalue weighted by molar-refractivity contribution is -0.384. The molecule has 0 bridgehead atoms. The second-order valence-electron chi connectivity index (χ2n) is 7.95. The topological polar surface area (TPSA) is 88.4 Å². The van der Waals surface area contributed by atoms with Gasteiger partial charge in [0.1, 0.15) is 11.4 Å². The minimum absolute atomic E-state index is 0.0174. The maximum atomic E-state index is 12.6. The fourth-order valence-electron chi connectivity index (χ4n) is 4.08. The van der Waals surface area contributed by atoms with Gasteiger partial charge in [-0.25, -0.2) is 0 Å². The summed E-state index contributed by atoms with van der Waals surface area (Å²) < 4.78 is 11.1. The summed E-state index contributed by atoms with van der Waals surface area (Å²) in [7, 11) is 0. The van der Waals surface area contributed by atoms with E-state index in [9.17, 15) is 14.9 Å². The largest absolute Gasteiger partial charge is 0.484 e. The van der Waals surface area contributed by atoms with E-state index in [0.717, 1.165) is 17.0 Å². The van der Waals surface area contributed by atoms with Crippen molar-refractivity contribution in [1.82, 2.24) is 4.90 Å². The van der Waals surface area contributed by atoms with Crippen molar-refractivity contribution in [3.63, 3.8) is 0 Å². The second kappa shape index (κ2) is 9.86. The van der Waals surface area contributed by atoms with Gasteiger partial charge in [0.25, 0.3) is 11.6 Å². The van der Waals surface area contributed by atoms with Crippen LogP contribution in [0.1, 0.15) is 5.56 Å². The molecular weight excluding hydrogens is 412 g/mol. The summed E-state index contributed by atoms with van der Waals surface area (Å²) in [5, 5.41) is 11.5. The fraction of sp³-hybridized carbons (Fsp3) is 0.435. The minimum atomic E-state index is -0.334. The number of carbonyl (C=O) groups is 1. The van der Waals surface area contributed by atoms with Gasteiger partial charge >= 0.3 is 0 Å². The van der Waals surface area contributed by atoms with Crippen LogP contribution in [0.4, 0.5) is 17.1 Å². The molecule has 2 heterocycles. The van der Waals surface area contributed by atoms with Gasteiger partial charge in [-0.15, -0.1) is 0 Å². The number of carbonyl (C=O) groups excluding carboxylic acids is 1. The Balaban J connectivity index is 1.37. The number of amides is 1. The number of rotatable bonds is 6. The van der Waals surface area contributed by atoms with Gasteiger partial charge in [0.15, 0.2) is 6.61 Å². The highest BCUT2D eigenvalue weighted by atomic mass is 16.6. The highest BCUT2D eigenvalue weighted by Crippen LogP contribution is 2.33. The molecule has 4 rings (SSSR count). The summed E-state index contributed by atoms with van der Waals surface area (Å²) in [6.45, 7) is 6.85. The number of ether oxygens (including phenoxy) is 2. The predicted molar refractivity (Wildman–Crippen MR) is 122 cm³/mol. The van der Waals surface area contributed by atoms with E-state index in [0.29, 0.717) is 58.2 Å². The molecular formula is C23H28N4O5. The molecule has 9 nitrogen and oxygen atoms in total. The smallest absolute Gasteiger partial charge is 0.292 e. The number of anilines is 2.